The van der Waals surface area contributed by atoms with Crippen molar-refractivity contribution >= 4 is 0 Å². The molecule has 0 amide bonds. The zero-order valence-electron chi connectivity index (χ0n) is 16.2. The first-order valence-corrected chi connectivity index (χ1v) is 9.27. The maximum atomic E-state index is 14.0. The van der Waals surface area contributed by atoms with E-state index in [2.05, 4.69) is 23.5 Å². The van der Waals surface area contributed by atoms with Gasteiger partial charge in [0.05, 0.1) is 0 Å². The minimum absolute atomic E-state index is 0.0280. The molecule has 0 spiro atoms. The number of benzene rings is 1. The van der Waals surface area contributed by atoms with E-state index in [0.717, 1.165) is 5.56 Å². The van der Waals surface area contributed by atoms with Crippen molar-refractivity contribution in [2.45, 2.75) is 65.0 Å². The number of allylic oxidation sites excluding steroid dienone is 3. The van der Waals surface area contributed by atoms with Crippen molar-refractivity contribution in [2.24, 2.45) is 5.41 Å². The highest BCUT2D eigenvalue weighted by atomic mass is 19.4. The summed E-state index contributed by atoms with van der Waals surface area (Å²) in [7, 11) is 0. The Labute approximate surface area is 162 Å². The minimum Gasteiger partial charge on any atom is -0.504 e. The third-order valence-corrected chi connectivity index (χ3v) is 5.82. The summed E-state index contributed by atoms with van der Waals surface area (Å²) in [5.74, 6) is -1.14. The number of rotatable bonds is 5. The van der Waals surface area contributed by atoms with E-state index in [1.807, 2.05) is 13.0 Å². The lowest BCUT2D eigenvalue weighted by atomic mass is 9.76. The summed E-state index contributed by atoms with van der Waals surface area (Å²) in [5.41, 5.74) is 0.858. The van der Waals surface area contributed by atoms with Crippen LogP contribution in [0.4, 0.5) is 17.6 Å². The number of hydrogen-bond donors (Lipinski definition) is 1. The van der Waals surface area contributed by atoms with Gasteiger partial charge in [0.25, 0.3) is 0 Å². The van der Waals surface area contributed by atoms with E-state index in [1.165, 1.54) is 12.1 Å². The topological polar surface area (TPSA) is 32.7 Å². The number of aliphatic hydroxyl groups is 1. The van der Waals surface area contributed by atoms with Gasteiger partial charge in [-0.3, -0.25) is 4.90 Å². The Morgan fingerprint density at radius 2 is 1.93 bits per heavy atom. The molecule has 1 N–H and O–H groups in total. The molecule has 0 saturated heterocycles. The van der Waals surface area contributed by atoms with Crippen molar-refractivity contribution in [1.82, 2.24) is 4.90 Å². The van der Waals surface area contributed by atoms with E-state index in [1.54, 1.807) is 12.1 Å². The van der Waals surface area contributed by atoms with E-state index in [4.69, 9.17) is 0 Å². The smallest absolute Gasteiger partial charge is 0.504 e. The van der Waals surface area contributed by atoms with E-state index >= 15 is 0 Å². The lowest BCUT2D eigenvalue weighted by molar-refractivity contribution is -0.308. The average Bonchev–Trinajstić information content (AvgIpc) is 3.02. The van der Waals surface area contributed by atoms with Gasteiger partial charge >= 0.3 is 6.36 Å². The fraction of sp³-hybridized carbons (Fsp3) is 0.524. The lowest BCUT2D eigenvalue weighted by Crippen LogP contribution is -2.41. The highest BCUT2D eigenvalue weighted by molar-refractivity contribution is 5.32. The highest BCUT2D eigenvalue weighted by Gasteiger charge is 2.39. The lowest BCUT2D eigenvalue weighted by Gasteiger charge is -2.39. The van der Waals surface area contributed by atoms with Crippen LogP contribution in [0.15, 0.2) is 41.9 Å². The third kappa shape index (κ3) is 4.51. The number of ether oxygens (including phenoxy) is 1. The first-order valence-electron chi connectivity index (χ1n) is 9.27. The molecule has 2 aliphatic rings. The molecule has 1 aromatic rings. The largest absolute Gasteiger partial charge is 0.572 e. The van der Waals surface area contributed by atoms with Gasteiger partial charge in [-0.1, -0.05) is 25.1 Å². The Morgan fingerprint density at radius 1 is 1.21 bits per heavy atom. The SMILES string of the molecule is CC1(CCC(C)(C)N2Cc3cccc(F)c3C2)C=CC(O)=C(OC(F)(F)F)C1. The summed E-state index contributed by atoms with van der Waals surface area (Å²) in [6.07, 6.45) is -0.550. The molecule has 1 atom stereocenters. The summed E-state index contributed by atoms with van der Waals surface area (Å²) in [5, 5.41) is 9.72. The molecule has 0 bridgehead atoms. The highest BCUT2D eigenvalue weighted by Crippen LogP contribution is 2.42. The second kappa shape index (κ2) is 7.10. The van der Waals surface area contributed by atoms with Crippen LogP contribution in [-0.2, 0) is 17.8 Å². The molecule has 3 rings (SSSR count). The molecule has 3 nitrogen and oxygen atoms in total. The van der Waals surface area contributed by atoms with E-state index < -0.39 is 23.3 Å². The van der Waals surface area contributed by atoms with Gasteiger partial charge in [0.2, 0.25) is 0 Å². The van der Waals surface area contributed by atoms with Gasteiger partial charge < -0.3 is 9.84 Å². The van der Waals surface area contributed by atoms with Crippen molar-refractivity contribution in [2.75, 3.05) is 0 Å². The Hall–Kier alpha value is -2.02. The van der Waals surface area contributed by atoms with Gasteiger partial charge in [0.15, 0.2) is 5.76 Å². The molecule has 1 heterocycles. The van der Waals surface area contributed by atoms with Gasteiger partial charge in [0.1, 0.15) is 11.6 Å². The van der Waals surface area contributed by atoms with Crippen molar-refractivity contribution in [1.29, 1.82) is 0 Å². The predicted octanol–water partition coefficient (Wildman–Crippen LogP) is 5.97. The molecule has 1 aliphatic carbocycles. The predicted molar refractivity (Wildman–Crippen MR) is 97.6 cm³/mol. The van der Waals surface area contributed by atoms with E-state index in [9.17, 15) is 22.7 Å². The Kier molecular flexibility index (Phi) is 5.25. The van der Waals surface area contributed by atoms with Crippen molar-refractivity contribution in [3.05, 3.63) is 58.8 Å². The first-order chi connectivity index (χ1) is 12.9. The Morgan fingerprint density at radius 3 is 2.57 bits per heavy atom. The van der Waals surface area contributed by atoms with Crippen molar-refractivity contribution in [3.63, 3.8) is 0 Å². The fourth-order valence-electron chi connectivity index (χ4n) is 3.85. The Bertz CT molecular complexity index is 813. The summed E-state index contributed by atoms with van der Waals surface area (Å²) in [4.78, 5) is 2.19. The molecular weight excluding hydrogens is 374 g/mol. The Balaban J connectivity index is 1.65. The van der Waals surface area contributed by atoms with Crippen LogP contribution >= 0.6 is 0 Å². The summed E-state index contributed by atoms with van der Waals surface area (Å²) < 4.78 is 55.8. The van der Waals surface area contributed by atoms with Crippen LogP contribution in [0.1, 0.15) is 51.2 Å². The zero-order valence-corrected chi connectivity index (χ0v) is 16.2. The van der Waals surface area contributed by atoms with Crippen LogP contribution in [-0.4, -0.2) is 21.9 Å². The number of fused-ring (bicyclic) bond motifs is 1. The standard InChI is InChI=1S/C21H25F4NO2/c1-19(2,26-12-14-5-4-6-16(22)15(14)13-26)9-10-20(3)8-7-17(27)18(11-20)28-21(23,24)25/h4-8,27H,9-13H2,1-3H3. The number of nitrogens with zero attached hydrogens (tertiary/aromatic N) is 1. The molecule has 7 heteroatoms. The molecule has 0 saturated carbocycles. The molecule has 1 unspecified atom stereocenters. The van der Waals surface area contributed by atoms with Gasteiger partial charge in [-0.15, -0.1) is 13.2 Å². The van der Waals surface area contributed by atoms with E-state index in [0.29, 0.717) is 31.5 Å². The maximum Gasteiger partial charge on any atom is 0.572 e. The summed E-state index contributed by atoms with van der Waals surface area (Å²) in [6, 6.07) is 5.09. The molecule has 0 fully saturated rings. The average molecular weight is 399 g/mol. The molecule has 28 heavy (non-hydrogen) atoms. The quantitative estimate of drug-likeness (QED) is 0.619. The molecule has 1 aliphatic heterocycles. The third-order valence-electron chi connectivity index (χ3n) is 5.82. The number of hydrogen-bond acceptors (Lipinski definition) is 3. The van der Waals surface area contributed by atoms with Gasteiger partial charge in [0, 0.05) is 30.6 Å². The van der Waals surface area contributed by atoms with Crippen LogP contribution in [0.5, 0.6) is 0 Å². The van der Waals surface area contributed by atoms with Gasteiger partial charge in [-0.05, 0) is 49.8 Å². The first kappa shape index (κ1) is 20.7. The second-order valence-corrected chi connectivity index (χ2v) is 8.57. The zero-order chi connectivity index (χ0) is 20.7. The second-order valence-electron chi connectivity index (χ2n) is 8.57. The molecular formula is C21H25F4NO2. The molecule has 154 valence electrons. The monoisotopic (exact) mass is 399 g/mol. The van der Waals surface area contributed by atoms with Gasteiger partial charge in [-0.2, -0.15) is 0 Å². The van der Waals surface area contributed by atoms with Crippen LogP contribution in [0, 0.1) is 11.2 Å². The normalized spacial score (nSPS) is 23.2. The van der Waals surface area contributed by atoms with Crippen molar-refractivity contribution < 1.29 is 27.4 Å². The maximum absolute atomic E-state index is 14.0. The van der Waals surface area contributed by atoms with E-state index in [-0.39, 0.29) is 17.8 Å². The van der Waals surface area contributed by atoms with Crippen LogP contribution in [0.3, 0.4) is 0 Å². The molecule has 0 radical (unpaired) electrons. The number of halogens is 4. The van der Waals surface area contributed by atoms with Crippen LogP contribution in [0.25, 0.3) is 0 Å². The number of alkyl halides is 3. The summed E-state index contributed by atoms with van der Waals surface area (Å²) in [6.45, 7) is 7.14. The fourth-order valence-corrected chi connectivity index (χ4v) is 3.85. The molecule has 0 aromatic heterocycles. The van der Waals surface area contributed by atoms with Crippen LogP contribution < -0.4 is 0 Å². The van der Waals surface area contributed by atoms with Gasteiger partial charge in [-0.25, -0.2) is 4.39 Å². The summed E-state index contributed by atoms with van der Waals surface area (Å²) >= 11 is 0. The number of aliphatic hydroxyl groups excluding tert-OH is 1. The molecule has 1 aromatic carbocycles. The van der Waals surface area contributed by atoms with Crippen molar-refractivity contribution in [3.8, 4) is 0 Å². The minimum atomic E-state index is -4.83. The van der Waals surface area contributed by atoms with Crippen LogP contribution in [0.2, 0.25) is 0 Å².